The van der Waals surface area contributed by atoms with E-state index in [-0.39, 0.29) is 11.2 Å². The van der Waals surface area contributed by atoms with Gasteiger partial charge < -0.3 is 5.32 Å². The highest BCUT2D eigenvalue weighted by Crippen LogP contribution is 2.33. The predicted molar refractivity (Wildman–Crippen MR) is 82.1 cm³/mol. The Morgan fingerprint density at radius 3 is 2.05 bits per heavy atom. The van der Waals surface area contributed by atoms with Gasteiger partial charge in [-0.25, -0.2) is 8.42 Å². The molecule has 4 heteroatoms. The lowest BCUT2D eigenvalue weighted by Crippen LogP contribution is -2.40. The lowest BCUT2D eigenvalue weighted by Gasteiger charge is -2.35. The van der Waals surface area contributed by atoms with Crippen LogP contribution in [0.2, 0.25) is 0 Å². The Bertz CT molecular complexity index is 391. The fourth-order valence-corrected chi connectivity index (χ4v) is 3.27. The molecule has 114 valence electrons. The molecular formula is C15H31NO2S. The molecule has 0 aliphatic heterocycles. The third-order valence-corrected chi connectivity index (χ3v) is 7.25. The van der Waals surface area contributed by atoms with Crippen molar-refractivity contribution in [1.29, 1.82) is 0 Å². The van der Waals surface area contributed by atoms with E-state index in [0.29, 0.717) is 12.0 Å². The highest BCUT2D eigenvalue weighted by Gasteiger charge is 2.35. The van der Waals surface area contributed by atoms with Crippen LogP contribution in [0, 0.1) is 11.3 Å². The van der Waals surface area contributed by atoms with E-state index in [1.165, 1.54) is 12.8 Å². The third kappa shape index (κ3) is 4.75. The summed E-state index contributed by atoms with van der Waals surface area (Å²) >= 11 is 0. The van der Waals surface area contributed by atoms with E-state index in [1.54, 1.807) is 20.8 Å². The molecule has 3 nitrogen and oxygen atoms in total. The Morgan fingerprint density at radius 1 is 1.16 bits per heavy atom. The fraction of sp³-hybridized carbons (Fsp3) is 1.00. The molecule has 0 spiro atoms. The Kier molecular flexibility index (Phi) is 5.11. The summed E-state index contributed by atoms with van der Waals surface area (Å²) < 4.78 is 23.9. The molecule has 1 saturated carbocycles. The molecule has 1 rings (SSSR count). The molecule has 1 unspecified atom stereocenters. The minimum atomic E-state index is -3.02. The lowest BCUT2D eigenvalue weighted by atomic mass is 9.77. The molecule has 1 N–H and O–H groups in total. The van der Waals surface area contributed by atoms with Crippen LogP contribution in [0.15, 0.2) is 0 Å². The van der Waals surface area contributed by atoms with Gasteiger partial charge in [0.05, 0.1) is 10.5 Å². The number of hydrogen-bond acceptors (Lipinski definition) is 3. The number of hydrogen-bond donors (Lipinski definition) is 1. The smallest absolute Gasteiger partial charge is 0.155 e. The van der Waals surface area contributed by atoms with Crippen molar-refractivity contribution in [3.05, 3.63) is 0 Å². The molecule has 1 aliphatic carbocycles. The van der Waals surface area contributed by atoms with Gasteiger partial charge in [-0.1, -0.05) is 20.8 Å². The van der Waals surface area contributed by atoms with Gasteiger partial charge in [0.2, 0.25) is 0 Å². The summed E-state index contributed by atoms with van der Waals surface area (Å²) in [5.74, 6) is 0.770. The topological polar surface area (TPSA) is 46.2 Å². The molecule has 0 amide bonds. The average molecular weight is 289 g/mol. The van der Waals surface area contributed by atoms with Crippen molar-refractivity contribution < 1.29 is 8.42 Å². The van der Waals surface area contributed by atoms with Gasteiger partial charge in [-0.2, -0.15) is 0 Å². The minimum Gasteiger partial charge on any atom is -0.313 e. The van der Waals surface area contributed by atoms with Crippen molar-refractivity contribution >= 4 is 9.84 Å². The summed E-state index contributed by atoms with van der Waals surface area (Å²) in [4.78, 5) is 0. The van der Waals surface area contributed by atoms with Gasteiger partial charge in [-0.05, 0) is 51.4 Å². The van der Waals surface area contributed by atoms with Gasteiger partial charge >= 0.3 is 0 Å². The van der Waals surface area contributed by atoms with E-state index in [1.807, 2.05) is 0 Å². The van der Waals surface area contributed by atoms with Crippen molar-refractivity contribution in [2.75, 3.05) is 12.3 Å². The van der Waals surface area contributed by atoms with Crippen LogP contribution in [-0.4, -0.2) is 31.5 Å². The van der Waals surface area contributed by atoms with Crippen molar-refractivity contribution in [2.24, 2.45) is 11.3 Å². The first-order valence-corrected chi connectivity index (χ1v) is 9.09. The van der Waals surface area contributed by atoms with Crippen molar-refractivity contribution in [3.63, 3.8) is 0 Å². The molecular weight excluding hydrogens is 258 g/mol. The van der Waals surface area contributed by atoms with Crippen LogP contribution in [0.25, 0.3) is 0 Å². The summed E-state index contributed by atoms with van der Waals surface area (Å²) in [5.41, 5.74) is 0.0565. The first kappa shape index (κ1) is 17.0. The minimum absolute atomic E-state index is 0.0565. The molecule has 0 heterocycles. The molecule has 0 aromatic rings. The molecule has 0 radical (unpaired) electrons. The molecule has 1 fully saturated rings. The summed E-state index contributed by atoms with van der Waals surface area (Å²) in [6.45, 7) is 12.9. The van der Waals surface area contributed by atoms with E-state index < -0.39 is 14.6 Å². The fourth-order valence-electron chi connectivity index (χ4n) is 1.92. The summed E-state index contributed by atoms with van der Waals surface area (Å²) in [7, 11) is -3.02. The second-order valence-corrected chi connectivity index (χ2v) is 10.5. The molecule has 1 atom stereocenters. The van der Waals surface area contributed by atoms with E-state index in [9.17, 15) is 8.42 Å². The van der Waals surface area contributed by atoms with Gasteiger partial charge in [0.15, 0.2) is 9.84 Å². The predicted octanol–water partition coefficient (Wildman–Crippen LogP) is 3.00. The van der Waals surface area contributed by atoms with Crippen LogP contribution >= 0.6 is 0 Å². The molecule has 19 heavy (non-hydrogen) atoms. The Hall–Kier alpha value is -0.0900. The van der Waals surface area contributed by atoms with Crippen molar-refractivity contribution in [1.82, 2.24) is 5.32 Å². The van der Waals surface area contributed by atoms with E-state index >= 15 is 0 Å². The zero-order valence-electron chi connectivity index (χ0n) is 13.4. The second kappa shape index (κ2) is 5.72. The standard InChI is InChI=1S/C15H31NO2S/c1-12(2)15(6,11-16-13-7-8-13)9-10-19(17,18)14(3,4)5/h12-13,16H,7-11H2,1-6H3. The maximum atomic E-state index is 12.3. The highest BCUT2D eigenvalue weighted by atomic mass is 32.2. The quantitative estimate of drug-likeness (QED) is 0.783. The number of sulfone groups is 1. The summed E-state index contributed by atoms with van der Waals surface area (Å²) in [5, 5.41) is 3.56. The van der Waals surface area contributed by atoms with Gasteiger partial charge in [0.1, 0.15) is 0 Å². The SMILES string of the molecule is CC(C)C(C)(CCS(=O)(=O)C(C)(C)C)CNC1CC1. The molecule has 0 aromatic heterocycles. The molecule has 0 saturated heterocycles. The van der Waals surface area contributed by atoms with Crippen LogP contribution in [0.3, 0.4) is 0 Å². The van der Waals surface area contributed by atoms with E-state index in [2.05, 4.69) is 26.1 Å². The number of nitrogens with one attached hydrogen (secondary N) is 1. The second-order valence-electron chi connectivity index (χ2n) is 7.65. The molecule has 0 aromatic carbocycles. The van der Waals surface area contributed by atoms with Crippen LogP contribution < -0.4 is 5.32 Å². The average Bonchev–Trinajstić information content (AvgIpc) is 3.05. The highest BCUT2D eigenvalue weighted by molar-refractivity contribution is 7.92. The van der Waals surface area contributed by atoms with E-state index in [0.717, 1.165) is 13.0 Å². The summed E-state index contributed by atoms with van der Waals surface area (Å²) in [6, 6.07) is 0.678. The molecule has 0 bridgehead atoms. The maximum absolute atomic E-state index is 12.3. The maximum Gasteiger partial charge on any atom is 0.155 e. The zero-order chi connectivity index (χ0) is 14.9. The van der Waals surface area contributed by atoms with Crippen LogP contribution in [0.4, 0.5) is 0 Å². The van der Waals surface area contributed by atoms with Gasteiger partial charge in [-0.3, -0.25) is 0 Å². The normalized spacial score (nSPS) is 20.6. The van der Waals surface area contributed by atoms with Gasteiger partial charge in [0.25, 0.3) is 0 Å². The first-order valence-electron chi connectivity index (χ1n) is 7.44. The Balaban J connectivity index is 2.62. The Morgan fingerprint density at radius 2 is 1.68 bits per heavy atom. The van der Waals surface area contributed by atoms with Crippen LogP contribution in [-0.2, 0) is 9.84 Å². The first-order chi connectivity index (χ1) is 8.48. The third-order valence-electron chi connectivity index (χ3n) is 4.64. The number of rotatable bonds is 7. The van der Waals surface area contributed by atoms with E-state index in [4.69, 9.17) is 0 Å². The zero-order valence-corrected chi connectivity index (χ0v) is 14.2. The largest absolute Gasteiger partial charge is 0.313 e. The van der Waals surface area contributed by atoms with Crippen molar-refractivity contribution in [2.45, 2.75) is 71.6 Å². The van der Waals surface area contributed by atoms with Crippen molar-refractivity contribution in [3.8, 4) is 0 Å². The van der Waals surface area contributed by atoms with Gasteiger partial charge in [-0.15, -0.1) is 0 Å². The lowest BCUT2D eigenvalue weighted by molar-refractivity contribution is 0.200. The van der Waals surface area contributed by atoms with Crippen LogP contribution in [0.5, 0.6) is 0 Å². The Labute approximate surface area is 119 Å². The summed E-state index contributed by atoms with van der Waals surface area (Å²) in [6.07, 6.45) is 3.28. The van der Waals surface area contributed by atoms with Crippen LogP contribution in [0.1, 0.15) is 60.8 Å². The van der Waals surface area contributed by atoms with Gasteiger partial charge in [0, 0.05) is 12.6 Å². The monoisotopic (exact) mass is 289 g/mol. The molecule has 1 aliphatic rings.